The smallest absolute Gasteiger partial charge is 0.00673 e. The van der Waals surface area contributed by atoms with Gasteiger partial charge in [-0.05, 0) is 18.8 Å². The van der Waals surface area contributed by atoms with Crippen LogP contribution in [0.1, 0.15) is 33.1 Å². The number of nitrogens with two attached hydrogens (primary N) is 1. The first kappa shape index (κ1) is 9.70. The fourth-order valence-electron chi connectivity index (χ4n) is 1.06. The highest BCUT2D eigenvalue weighted by Gasteiger charge is 2.08. The average molecular weight is 141 g/mol. The highest BCUT2D eigenvalue weighted by Crippen LogP contribution is 2.10. The molecule has 0 aliphatic carbocycles. The summed E-state index contributed by atoms with van der Waals surface area (Å²) >= 11 is 0. The van der Waals surface area contributed by atoms with Crippen LogP contribution in [0.2, 0.25) is 0 Å². The van der Waals surface area contributed by atoms with Gasteiger partial charge in [-0.3, -0.25) is 0 Å². The molecule has 1 unspecified atom stereocenters. The maximum absolute atomic E-state index is 5.87. The lowest BCUT2D eigenvalue weighted by molar-refractivity contribution is 0.432. The number of hydrogen-bond donors (Lipinski definition) is 1. The van der Waals surface area contributed by atoms with Crippen LogP contribution in [0, 0.1) is 5.92 Å². The van der Waals surface area contributed by atoms with E-state index in [1.165, 1.54) is 6.42 Å². The van der Waals surface area contributed by atoms with Gasteiger partial charge in [-0.1, -0.05) is 26.3 Å². The molecule has 1 nitrogen and oxygen atoms in total. The zero-order valence-corrected chi connectivity index (χ0v) is 7.14. The summed E-state index contributed by atoms with van der Waals surface area (Å²) in [6.45, 7) is 8.04. The Morgan fingerprint density at radius 2 is 2.20 bits per heavy atom. The Morgan fingerprint density at radius 1 is 1.60 bits per heavy atom. The van der Waals surface area contributed by atoms with Crippen LogP contribution < -0.4 is 5.73 Å². The van der Waals surface area contributed by atoms with Crippen molar-refractivity contribution in [2.24, 2.45) is 11.7 Å². The van der Waals surface area contributed by atoms with Gasteiger partial charge in [0.25, 0.3) is 0 Å². The van der Waals surface area contributed by atoms with Crippen LogP contribution in [0.25, 0.3) is 0 Å². The van der Waals surface area contributed by atoms with Crippen LogP contribution in [-0.2, 0) is 0 Å². The summed E-state index contributed by atoms with van der Waals surface area (Å²) in [5.74, 6) is 0.595. The molecule has 0 radical (unpaired) electrons. The second-order valence-electron chi connectivity index (χ2n) is 2.95. The maximum atomic E-state index is 5.87. The molecule has 0 saturated carbocycles. The molecular formula is C9H19N. The van der Waals surface area contributed by atoms with Crippen LogP contribution >= 0.6 is 0 Å². The van der Waals surface area contributed by atoms with Gasteiger partial charge in [0, 0.05) is 6.04 Å². The molecule has 0 bridgehead atoms. The van der Waals surface area contributed by atoms with Crippen molar-refractivity contribution >= 4 is 0 Å². The Balaban J connectivity index is 3.47. The summed E-state index contributed by atoms with van der Waals surface area (Å²) in [5, 5.41) is 0. The van der Waals surface area contributed by atoms with Crippen molar-refractivity contribution in [3.8, 4) is 0 Å². The quantitative estimate of drug-likeness (QED) is 0.584. The molecule has 0 aromatic carbocycles. The Hall–Kier alpha value is -0.300. The summed E-state index contributed by atoms with van der Waals surface area (Å²) in [7, 11) is 0. The minimum absolute atomic E-state index is 0.364. The highest BCUT2D eigenvalue weighted by molar-refractivity contribution is 4.77. The normalized spacial score (nSPS) is 16.3. The van der Waals surface area contributed by atoms with Crippen LogP contribution in [0.4, 0.5) is 0 Å². The van der Waals surface area contributed by atoms with E-state index in [1.54, 1.807) is 0 Å². The third-order valence-electron chi connectivity index (χ3n) is 1.89. The van der Waals surface area contributed by atoms with E-state index < -0.39 is 0 Å². The molecule has 0 aromatic heterocycles. The van der Waals surface area contributed by atoms with Crippen molar-refractivity contribution in [1.82, 2.24) is 0 Å². The molecular weight excluding hydrogens is 122 g/mol. The van der Waals surface area contributed by atoms with Crippen LogP contribution in [-0.4, -0.2) is 6.04 Å². The zero-order valence-electron chi connectivity index (χ0n) is 7.14. The second-order valence-corrected chi connectivity index (χ2v) is 2.95. The average Bonchev–Trinajstić information content (AvgIpc) is 1.89. The van der Waals surface area contributed by atoms with E-state index >= 15 is 0 Å². The van der Waals surface area contributed by atoms with Crippen LogP contribution in [0.15, 0.2) is 12.7 Å². The Labute approximate surface area is 64.3 Å². The van der Waals surface area contributed by atoms with Gasteiger partial charge in [-0.25, -0.2) is 0 Å². The van der Waals surface area contributed by atoms with Crippen LogP contribution in [0.5, 0.6) is 0 Å². The SMILES string of the molecule is C=CCC(C)[C@@H](N)CCC. The van der Waals surface area contributed by atoms with Gasteiger partial charge < -0.3 is 5.73 Å². The third-order valence-corrected chi connectivity index (χ3v) is 1.89. The predicted octanol–water partition coefficient (Wildman–Crippen LogP) is 2.33. The topological polar surface area (TPSA) is 26.0 Å². The van der Waals surface area contributed by atoms with Crippen molar-refractivity contribution in [3.05, 3.63) is 12.7 Å². The summed E-state index contributed by atoms with van der Waals surface area (Å²) in [6.07, 6.45) is 5.30. The fraction of sp³-hybridized carbons (Fsp3) is 0.778. The molecule has 0 fully saturated rings. The molecule has 0 spiro atoms. The lowest BCUT2D eigenvalue weighted by Gasteiger charge is -2.16. The first-order valence-electron chi connectivity index (χ1n) is 4.08. The van der Waals surface area contributed by atoms with E-state index in [0.29, 0.717) is 12.0 Å². The van der Waals surface area contributed by atoms with Gasteiger partial charge in [0.15, 0.2) is 0 Å². The van der Waals surface area contributed by atoms with Gasteiger partial charge >= 0.3 is 0 Å². The number of allylic oxidation sites excluding steroid dienone is 1. The minimum atomic E-state index is 0.364. The third kappa shape index (κ3) is 3.67. The Kier molecular flexibility index (Phi) is 5.32. The second kappa shape index (κ2) is 5.48. The van der Waals surface area contributed by atoms with Crippen molar-refractivity contribution in [1.29, 1.82) is 0 Å². The van der Waals surface area contributed by atoms with Gasteiger partial charge in [0.05, 0.1) is 0 Å². The maximum Gasteiger partial charge on any atom is 0.00673 e. The Bertz CT molecular complexity index is 88.7. The first-order valence-corrected chi connectivity index (χ1v) is 4.08. The van der Waals surface area contributed by atoms with Crippen LogP contribution in [0.3, 0.4) is 0 Å². The molecule has 0 saturated heterocycles. The van der Waals surface area contributed by atoms with E-state index in [-0.39, 0.29) is 0 Å². The van der Waals surface area contributed by atoms with Gasteiger partial charge in [-0.15, -0.1) is 6.58 Å². The summed E-state index contributed by atoms with van der Waals surface area (Å²) in [6, 6.07) is 0.364. The Morgan fingerprint density at radius 3 is 2.60 bits per heavy atom. The summed E-state index contributed by atoms with van der Waals surface area (Å²) in [5.41, 5.74) is 5.87. The largest absolute Gasteiger partial charge is 0.327 e. The predicted molar refractivity (Wildman–Crippen MR) is 46.9 cm³/mol. The summed E-state index contributed by atoms with van der Waals surface area (Å²) in [4.78, 5) is 0. The van der Waals surface area contributed by atoms with E-state index in [2.05, 4.69) is 20.4 Å². The molecule has 0 rings (SSSR count). The van der Waals surface area contributed by atoms with Gasteiger partial charge in [-0.2, -0.15) is 0 Å². The van der Waals surface area contributed by atoms with Crippen molar-refractivity contribution in [2.75, 3.05) is 0 Å². The molecule has 10 heavy (non-hydrogen) atoms. The monoisotopic (exact) mass is 141 g/mol. The number of hydrogen-bond acceptors (Lipinski definition) is 1. The fourth-order valence-corrected chi connectivity index (χ4v) is 1.06. The van der Waals surface area contributed by atoms with Crippen molar-refractivity contribution in [2.45, 2.75) is 39.2 Å². The molecule has 0 amide bonds. The van der Waals surface area contributed by atoms with E-state index in [1.807, 2.05) is 6.08 Å². The molecule has 2 atom stereocenters. The molecule has 1 heteroatoms. The zero-order chi connectivity index (χ0) is 7.98. The van der Waals surface area contributed by atoms with E-state index in [9.17, 15) is 0 Å². The molecule has 2 N–H and O–H groups in total. The molecule has 0 heterocycles. The minimum Gasteiger partial charge on any atom is -0.327 e. The summed E-state index contributed by atoms with van der Waals surface area (Å²) < 4.78 is 0. The molecule has 0 aromatic rings. The first-order chi connectivity index (χ1) is 4.72. The van der Waals surface area contributed by atoms with Crippen molar-refractivity contribution < 1.29 is 0 Å². The molecule has 60 valence electrons. The van der Waals surface area contributed by atoms with Gasteiger partial charge in [0.2, 0.25) is 0 Å². The standard InChI is InChI=1S/C9H19N/c1-4-6-8(3)9(10)7-5-2/h4,8-9H,1,5-7,10H2,2-3H3/t8?,9-/m0/s1. The van der Waals surface area contributed by atoms with Gasteiger partial charge in [0.1, 0.15) is 0 Å². The number of rotatable bonds is 5. The lowest BCUT2D eigenvalue weighted by Crippen LogP contribution is -2.27. The highest BCUT2D eigenvalue weighted by atomic mass is 14.6. The van der Waals surface area contributed by atoms with E-state index in [0.717, 1.165) is 12.8 Å². The molecule has 0 aliphatic rings. The molecule has 0 aliphatic heterocycles. The van der Waals surface area contributed by atoms with E-state index in [4.69, 9.17) is 5.73 Å². The van der Waals surface area contributed by atoms with Crippen molar-refractivity contribution in [3.63, 3.8) is 0 Å². The lowest BCUT2D eigenvalue weighted by atomic mass is 9.96.